The molecule has 9 heteroatoms. The molecular formula is C15H18Cl2N2O5. The number of amides is 2. The number of rotatable bonds is 8. The SMILES string of the molecule is COCC(C)NC(=O)COC(=O)CNC(=O)c1ccc(Cl)cc1Cl. The molecule has 1 aromatic rings. The Morgan fingerprint density at radius 3 is 2.58 bits per heavy atom. The van der Waals surface area contributed by atoms with E-state index >= 15 is 0 Å². The molecule has 24 heavy (non-hydrogen) atoms. The highest BCUT2D eigenvalue weighted by molar-refractivity contribution is 6.36. The van der Waals surface area contributed by atoms with Crippen LogP contribution in [0.4, 0.5) is 0 Å². The second kappa shape index (κ2) is 10.1. The van der Waals surface area contributed by atoms with Gasteiger partial charge < -0.3 is 20.1 Å². The summed E-state index contributed by atoms with van der Waals surface area (Å²) < 4.78 is 9.62. The zero-order valence-corrected chi connectivity index (χ0v) is 14.7. The Morgan fingerprint density at radius 2 is 1.96 bits per heavy atom. The lowest BCUT2D eigenvalue weighted by molar-refractivity contribution is -0.147. The van der Waals surface area contributed by atoms with Gasteiger partial charge in [-0.1, -0.05) is 23.2 Å². The minimum absolute atomic E-state index is 0.167. The van der Waals surface area contributed by atoms with Crippen LogP contribution in [0.1, 0.15) is 17.3 Å². The van der Waals surface area contributed by atoms with E-state index in [1.165, 1.54) is 25.3 Å². The molecule has 132 valence electrons. The van der Waals surface area contributed by atoms with E-state index in [0.29, 0.717) is 11.6 Å². The molecule has 0 radical (unpaired) electrons. The number of ether oxygens (including phenoxy) is 2. The first-order chi connectivity index (χ1) is 11.3. The average Bonchev–Trinajstić information content (AvgIpc) is 2.50. The van der Waals surface area contributed by atoms with Crippen LogP contribution in [-0.2, 0) is 19.1 Å². The van der Waals surface area contributed by atoms with Crippen molar-refractivity contribution >= 4 is 41.0 Å². The van der Waals surface area contributed by atoms with Crippen molar-refractivity contribution in [3.63, 3.8) is 0 Å². The van der Waals surface area contributed by atoms with E-state index in [2.05, 4.69) is 10.6 Å². The van der Waals surface area contributed by atoms with E-state index < -0.39 is 30.9 Å². The van der Waals surface area contributed by atoms with Crippen LogP contribution >= 0.6 is 23.2 Å². The van der Waals surface area contributed by atoms with Crippen LogP contribution in [0.5, 0.6) is 0 Å². The predicted molar refractivity (Wildman–Crippen MR) is 89.2 cm³/mol. The Bertz CT molecular complexity index is 610. The van der Waals surface area contributed by atoms with Crippen LogP contribution in [0.15, 0.2) is 18.2 Å². The number of carbonyl (C=O) groups is 3. The van der Waals surface area contributed by atoms with Gasteiger partial charge in [-0.25, -0.2) is 0 Å². The quantitative estimate of drug-likeness (QED) is 0.669. The molecule has 7 nitrogen and oxygen atoms in total. The van der Waals surface area contributed by atoms with Gasteiger partial charge in [-0.3, -0.25) is 14.4 Å². The smallest absolute Gasteiger partial charge is 0.325 e. The number of carbonyl (C=O) groups excluding carboxylic acids is 3. The summed E-state index contributed by atoms with van der Waals surface area (Å²) >= 11 is 11.6. The second-order valence-electron chi connectivity index (χ2n) is 4.89. The number of methoxy groups -OCH3 is 1. The van der Waals surface area contributed by atoms with Gasteiger partial charge in [-0.2, -0.15) is 0 Å². The zero-order chi connectivity index (χ0) is 18.1. The van der Waals surface area contributed by atoms with Crippen molar-refractivity contribution in [1.29, 1.82) is 0 Å². The Kier molecular flexibility index (Phi) is 8.53. The molecule has 0 aromatic heterocycles. The van der Waals surface area contributed by atoms with Crippen molar-refractivity contribution in [2.75, 3.05) is 26.9 Å². The summed E-state index contributed by atoms with van der Waals surface area (Å²) in [4.78, 5) is 34.9. The number of hydrogen-bond acceptors (Lipinski definition) is 5. The van der Waals surface area contributed by atoms with Crippen molar-refractivity contribution in [3.8, 4) is 0 Å². The van der Waals surface area contributed by atoms with Crippen LogP contribution in [0.25, 0.3) is 0 Å². The third-order valence-corrected chi connectivity index (χ3v) is 3.31. The predicted octanol–water partition coefficient (Wildman–Crippen LogP) is 1.42. The van der Waals surface area contributed by atoms with Gasteiger partial charge in [0.25, 0.3) is 11.8 Å². The molecule has 0 bridgehead atoms. The minimum Gasteiger partial charge on any atom is -0.454 e. The Labute approximate surface area is 149 Å². The lowest BCUT2D eigenvalue weighted by atomic mass is 10.2. The van der Waals surface area contributed by atoms with Crippen molar-refractivity contribution in [2.45, 2.75) is 13.0 Å². The van der Waals surface area contributed by atoms with Gasteiger partial charge in [-0.15, -0.1) is 0 Å². The highest BCUT2D eigenvalue weighted by Gasteiger charge is 2.14. The van der Waals surface area contributed by atoms with Gasteiger partial charge in [0, 0.05) is 18.2 Å². The first-order valence-electron chi connectivity index (χ1n) is 7.00. The number of nitrogens with one attached hydrogen (secondary N) is 2. The molecule has 0 fully saturated rings. The van der Waals surface area contributed by atoms with Gasteiger partial charge in [-0.05, 0) is 25.1 Å². The van der Waals surface area contributed by atoms with Crippen molar-refractivity contribution < 1.29 is 23.9 Å². The zero-order valence-electron chi connectivity index (χ0n) is 13.2. The maximum atomic E-state index is 11.9. The number of esters is 1. The first-order valence-corrected chi connectivity index (χ1v) is 7.76. The summed E-state index contributed by atoms with van der Waals surface area (Å²) in [5, 5.41) is 5.49. The fraction of sp³-hybridized carbons (Fsp3) is 0.400. The van der Waals surface area contributed by atoms with Gasteiger partial charge in [0.05, 0.1) is 17.2 Å². The molecular weight excluding hydrogens is 359 g/mol. The van der Waals surface area contributed by atoms with Crippen LogP contribution in [0.2, 0.25) is 10.0 Å². The molecule has 1 atom stereocenters. The van der Waals surface area contributed by atoms with Gasteiger partial charge >= 0.3 is 5.97 Å². The van der Waals surface area contributed by atoms with Crippen molar-refractivity contribution in [1.82, 2.24) is 10.6 Å². The molecule has 2 N–H and O–H groups in total. The molecule has 2 amide bonds. The molecule has 0 spiro atoms. The highest BCUT2D eigenvalue weighted by atomic mass is 35.5. The highest BCUT2D eigenvalue weighted by Crippen LogP contribution is 2.20. The molecule has 0 heterocycles. The third kappa shape index (κ3) is 7.16. The monoisotopic (exact) mass is 376 g/mol. The molecule has 0 saturated carbocycles. The van der Waals surface area contributed by atoms with E-state index in [0.717, 1.165) is 0 Å². The maximum absolute atomic E-state index is 11.9. The fourth-order valence-electron chi connectivity index (χ4n) is 1.73. The molecule has 0 aliphatic carbocycles. The van der Waals surface area contributed by atoms with Gasteiger partial charge in [0.2, 0.25) is 0 Å². The summed E-state index contributed by atoms with van der Waals surface area (Å²) in [6, 6.07) is 4.16. The lowest BCUT2D eigenvalue weighted by Gasteiger charge is -2.12. The summed E-state index contributed by atoms with van der Waals surface area (Å²) in [5.41, 5.74) is 0.181. The molecule has 0 saturated heterocycles. The van der Waals surface area contributed by atoms with Crippen LogP contribution in [0.3, 0.4) is 0 Å². The largest absolute Gasteiger partial charge is 0.454 e. The van der Waals surface area contributed by atoms with Gasteiger partial charge in [0.15, 0.2) is 6.61 Å². The Balaban J connectivity index is 2.35. The molecule has 0 aliphatic heterocycles. The first kappa shape index (κ1) is 20.2. The molecule has 1 rings (SSSR count). The van der Waals surface area contributed by atoms with E-state index in [9.17, 15) is 14.4 Å². The van der Waals surface area contributed by atoms with E-state index in [1.54, 1.807) is 6.92 Å². The van der Waals surface area contributed by atoms with Crippen LogP contribution in [-0.4, -0.2) is 50.7 Å². The normalized spacial score (nSPS) is 11.5. The topological polar surface area (TPSA) is 93.7 Å². The number of hydrogen-bond donors (Lipinski definition) is 2. The standard InChI is InChI=1S/C15H18Cl2N2O5/c1-9(7-23-2)19-13(20)8-24-14(21)6-18-15(22)11-4-3-10(16)5-12(11)17/h3-5,9H,6-8H2,1-2H3,(H,18,22)(H,19,20). The molecule has 1 aromatic carbocycles. The summed E-state index contributed by atoms with van der Waals surface area (Å²) in [7, 11) is 1.51. The van der Waals surface area contributed by atoms with Crippen LogP contribution in [0, 0.1) is 0 Å². The second-order valence-corrected chi connectivity index (χ2v) is 5.74. The fourth-order valence-corrected chi connectivity index (χ4v) is 2.22. The van der Waals surface area contributed by atoms with Crippen LogP contribution < -0.4 is 10.6 Å². The summed E-state index contributed by atoms with van der Waals surface area (Å²) in [6.45, 7) is 1.26. The van der Waals surface area contributed by atoms with E-state index in [1.807, 2.05) is 0 Å². The maximum Gasteiger partial charge on any atom is 0.325 e. The summed E-state index contributed by atoms with van der Waals surface area (Å²) in [5.74, 6) is -1.75. The lowest BCUT2D eigenvalue weighted by Crippen LogP contribution is -2.39. The Morgan fingerprint density at radius 1 is 1.25 bits per heavy atom. The molecule has 0 aliphatic rings. The van der Waals surface area contributed by atoms with Gasteiger partial charge in [0.1, 0.15) is 6.54 Å². The van der Waals surface area contributed by atoms with Crippen molar-refractivity contribution in [3.05, 3.63) is 33.8 Å². The number of benzene rings is 1. The van der Waals surface area contributed by atoms with E-state index in [4.69, 9.17) is 32.7 Å². The third-order valence-electron chi connectivity index (χ3n) is 2.76. The Hall–Kier alpha value is -1.83. The average molecular weight is 377 g/mol. The summed E-state index contributed by atoms with van der Waals surface area (Å²) in [6.07, 6.45) is 0. The number of halogens is 2. The minimum atomic E-state index is -0.747. The van der Waals surface area contributed by atoms with Crippen molar-refractivity contribution in [2.24, 2.45) is 0 Å². The molecule has 1 unspecified atom stereocenters. The van der Waals surface area contributed by atoms with E-state index in [-0.39, 0.29) is 16.6 Å².